The zero-order valence-electron chi connectivity index (χ0n) is 12.7. The lowest BCUT2D eigenvalue weighted by Gasteiger charge is -2.03. The first kappa shape index (κ1) is 16.4. The Kier molecular flexibility index (Phi) is 5.05. The van der Waals surface area contributed by atoms with Gasteiger partial charge in [0.15, 0.2) is 5.82 Å². The van der Waals surface area contributed by atoms with E-state index in [0.29, 0.717) is 25.3 Å². The minimum atomic E-state index is -0.267. The summed E-state index contributed by atoms with van der Waals surface area (Å²) in [6, 6.07) is 7.96. The molecule has 0 radical (unpaired) electrons. The van der Waals surface area contributed by atoms with Crippen LogP contribution in [0.5, 0.6) is 0 Å². The second-order valence-corrected chi connectivity index (χ2v) is 6.16. The summed E-state index contributed by atoms with van der Waals surface area (Å²) >= 11 is 3.31. The van der Waals surface area contributed by atoms with Crippen LogP contribution in [0.1, 0.15) is 12.0 Å². The molecule has 0 spiro atoms. The molecule has 0 saturated heterocycles. The first-order valence-electron chi connectivity index (χ1n) is 7.34. The van der Waals surface area contributed by atoms with Crippen LogP contribution in [-0.4, -0.2) is 25.5 Å². The van der Waals surface area contributed by atoms with Gasteiger partial charge in [0.1, 0.15) is 5.82 Å². The third-order valence-electron chi connectivity index (χ3n) is 3.34. The zero-order chi connectivity index (χ0) is 16.9. The number of anilines is 1. The van der Waals surface area contributed by atoms with Crippen LogP contribution in [0, 0.1) is 5.82 Å². The number of hydrogen-bond acceptors (Lipinski definition) is 3. The average molecular weight is 392 g/mol. The summed E-state index contributed by atoms with van der Waals surface area (Å²) in [5.74, 6) is 0.0915. The number of carbonyl (C=O) groups excluding carboxylic acids is 1. The summed E-state index contributed by atoms with van der Waals surface area (Å²) < 4.78 is 17.1. The number of nitrogens with one attached hydrogen (secondary N) is 1. The molecule has 0 bridgehead atoms. The molecule has 0 saturated carbocycles. The topological polar surface area (TPSA) is 64.7 Å². The molecule has 3 aromatic rings. The lowest BCUT2D eigenvalue weighted by Crippen LogP contribution is -2.15. The first-order valence-corrected chi connectivity index (χ1v) is 8.13. The lowest BCUT2D eigenvalue weighted by molar-refractivity contribution is -0.116. The normalized spacial score (nSPS) is 10.8. The Morgan fingerprint density at radius 3 is 2.71 bits per heavy atom. The number of benzene rings is 1. The molecule has 0 atom stereocenters. The highest BCUT2D eigenvalue weighted by atomic mass is 79.9. The molecule has 6 nitrogen and oxygen atoms in total. The number of aryl methyl sites for hydroxylation is 1. The van der Waals surface area contributed by atoms with Gasteiger partial charge in [0, 0.05) is 31.4 Å². The number of carbonyl (C=O) groups is 1. The fraction of sp³-hybridized carbons (Fsp3) is 0.188. The fourth-order valence-corrected chi connectivity index (χ4v) is 2.50. The molecule has 0 unspecified atom stereocenters. The van der Waals surface area contributed by atoms with Crippen LogP contribution in [0.2, 0.25) is 0 Å². The molecule has 124 valence electrons. The van der Waals surface area contributed by atoms with Gasteiger partial charge in [0.25, 0.3) is 0 Å². The van der Waals surface area contributed by atoms with Gasteiger partial charge in [0.2, 0.25) is 5.91 Å². The Balaban J connectivity index is 1.51. The van der Waals surface area contributed by atoms with Crippen LogP contribution < -0.4 is 5.32 Å². The van der Waals surface area contributed by atoms with E-state index in [2.05, 4.69) is 31.4 Å². The van der Waals surface area contributed by atoms with Crippen molar-refractivity contribution in [3.63, 3.8) is 0 Å². The molecule has 3 rings (SSSR count). The Bertz CT molecular complexity index is 827. The van der Waals surface area contributed by atoms with Crippen LogP contribution in [-0.2, 0) is 17.9 Å². The molecule has 2 heterocycles. The van der Waals surface area contributed by atoms with Crippen molar-refractivity contribution in [3.8, 4) is 0 Å². The summed E-state index contributed by atoms with van der Waals surface area (Å²) in [7, 11) is 0. The van der Waals surface area contributed by atoms with Crippen molar-refractivity contribution < 1.29 is 9.18 Å². The largest absolute Gasteiger partial charge is 0.309 e. The van der Waals surface area contributed by atoms with E-state index in [9.17, 15) is 9.18 Å². The van der Waals surface area contributed by atoms with Crippen LogP contribution in [0.3, 0.4) is 0 Å². The fourth-order valence-electron chi connectivity index (χ4n) is 2.18. The maximum atomic E-state index is 12.9. The van der Waals surface area contributed by atoms with Gasteiger partial charge in [-0.3, -0.25) is 14.2 Å². The van der Waals surface area contributed by atoms with E-state index in [1.807, 2.05) is 6.20 Å². The number of nitrogens with zero attached hydrogens (tertiary/aromatic N) is 4. The molecular formula is C16H15BrFN5O. The average Bonchev–Trinajstić information content (AvgIpc) is 3.17. The van der Waals surface area contributed by atoms with Crippen LogP contribution in [0.4, 0.5) is 10.2 Å². The van der Waals surface area contributed by atoms with Gasteiger partial charge in [-0.2, -0.15) is 10.2 Å². The smallest absolute Gasteiger partial charge is 0.227 e. The van der Waals surface area contributed by atoms with Crippen molar-refractivity contribution in [2.45, 2.75) is 19.5 Å². The Morgan fingerprint density at radius 1 is 1.21 bits per heavy atom. The zero-order valence-corrected chi connectivity index (χ0v) is 14.3. The number of rotatable bonds is 6. The number of hydrogen-bond donors (Lipinski definition) is 1. The molecular weight excluding hydrogens is 377 g/mol. The highest BCUT2D eigenvalue weighted by molar-refractivity contribution is 9.10. The van der Waals surface area contributed by atoms with Crippen LogP contribution >= 0.6 is 15.9 Å². The van der Waals surface area contributed by atoms with Gasteiger partial charge in [-0.15, -0.1) is 0 Å². The minimum absolute atomic E-state index is 0.131. The highest BCUT2D eigenvalue weighted by Gasteiger charge is 2.06. The van der Waals surface area contributed by atoms with E-state index in [0.717, 1.165) is 10.0 Å². The van der Waals surface area contributed by atoms with Crippen LogP contribution in [0.15, 0.2) is 53.4 Å². The number of aromatic nitrogens is 4. The van der Waals surface area contributed by atoms with Crippen molar-refractivity contribution in [2.24, 2.45) is 0 Å². The Labute approximate surface area is 146 Å². The first-order chi connectivity index (χ1) is 11.6. The number of amides is 1. The van der Waals surface area contributed by atoms with E-state index >= 15 is 0 Å². The Hall–Kier alpha value is -2.48. The molecule has 8 heteroatoms. The quantitative estimate of drug-likeness (QED) is 0.702. The molecule has 2 aromatic heterocycles. The predicted molar refractivity (Wildman–Crippen MR) is 90.9 cm³/mol. The maximum Gasteiger partial charge on any atom is 0.227 e. The summed E-state index contributed by atoms with van der Waals surface area (Å²) in [4.78, 5) is 11.9. The van der Waals surface area contributed by atoms with Gasteiger partial charge in [0.05, 0.1) is 17.2 Å². The second kappa shape index (κ2) is 7.39. The van der Waals surface area contributed by atoms with Gasteiger partial charge >= 0.3 is 0 Å². The molecule has 24 heavy (non-hydrogen) atoms. The molecule has 0 aliphatic rings. The standard InChI is InChI=1S/C16H15BrFN5O/c17-13-9-19-22(11-13)8-6-16(24)20-15-5-7-23(21-15)10-12-1-3-14(18)4-2-12/h1-5,7,9,11H,6,8,10H2,(H,20,21,24). The van der Waals surface area contributed by atoms with E-state index in [1.54, 1.807) is 40.0 Å². The molecule has 0 fully saturated rings. The molecule has 1 N–H and O–H groups in total. The minimum Gasteiger partial charge on any atom is -0.309 e. The van der Waals surface area contributed by atoms with E-state index in [1.165, 1.54) is 12.1 Å². The van der Waals surface area contributed by atoms with E-state index < -0.39 is 0 Å². The van der Waals surface area contributed by atoms with Gasteiger partial charge in [-0.1, -0.05) is 12.1 Å². The maximum absolute atomic E-state index is 12.9. The third-order valence-corrected chi connectivity index (χ3v) is 3.75. The van der Waals surface area contributed by atoms with Crippen molar-refractivity contribution in [3.05, 3.63) is 64.8 Å². The summed E-state index contributed by atoms with van der Waals surface area (Å²) in [5, 5.41) is 11.1. The molecule has 1 amide bonds. The summed E-state index contributed by atoms with van der Waals surface area (Å²) in [5.41, 5.74) is 0.932. The SMILES string of the molecule is O=C(CCn1cc(Br)cn1)Nc1ccn(Cc2ccc(F)cc2)n1. The second-order valence-electron chi connectivity index (χ2n) is 5.24. The van der Waals surface area contributed by atoms with Gasteiger partial charge in [-0.05, 0) is 33.6 Å². The monoisotopic (exact) mass is 391 g/mol. The third kappa shape index (κ3) is 4.51. The lowest BCUT2D eigenvalue weighted by atomic mass is 10.2. The van der Waals surface area contributed by atoms with E-state index in [-0.39, 0.29) is 11.7 Å². The van der Waals surface area contributed by atoms with Crippen molar-refractivity contribution >= 4 is 27.7 Å². The highest BCUT2D eigenvalue weighted by Crippen LogP contribution is 2.09. The molecule has 1 aromatic carbocycles. The van der Waals surface area contributed by atoms with Crippen molar-refractivity contribution in [1.82, 2.24) is 19.6 Å². The van der Waals surface area contributed by atoms with Crippen molar-refractivity contribution in [1.29, 1.82) is 0 Å². The predicted octanol–water partition coefficient (Wildman–Crippen LogP) is 3.06. The van der Waals surface area contributed by atoms with Gasteiger partial charge in [-0.25, -0.2) is 4.39 Å². The van der Waals surface area contributed by atoms with Crippen molar-refractivity contribution in [2.75, 3.05) is 5.32 Å². The molecule has 0 aliphatic heterocycles. The summed E-state index contributed by atoms with van der Waals surface area (Å²) in [6.07, 6.45) is 5.56. The summed E-state index contributed by atoms with van der Waals surface area (Å²) in [6.45, 7) is 1.01. The van der Waals surface area contributed by atoms with Gasteiger partial charge < -0.3 is 5.32 Å². The van der Waals surface area contributed by atoms with E-state index in [4.69, 9.17) is 0 Å². The number of halogens is 2. The Morgan fingerprint density at radius 2 is 2.00 bits per heavy atom. The molecule has 0 aliphatic carbocycles. The van der Waals surface area contributed by atoms with Crippen LogP contribution in [0.25, 0.3) is 0 Å².